The van der Waals surface area contributed by atoms with E-state index in [2.05, 4.69) is 15.1 Å². The average Bonchev–Trinajstić information content (AvgIpc) is 2.72. The van der Waals surface area contributed by atoms with E-state index in [0.717, 1.165) is 68.7 Å². The summed E-state index contributed by atoms with van der Waals surface area (Å²) in [7, 11) is 3.20. The molecule has 2 aliphatic rings. The monoisotopic (exact) mass is 373 g/mol. The van der Waals surface area contributed by atoms with Crippen molar-refractivity contribution >= 4 is 11.0 Å². The summed E-state index contributed by atoms with van der Waals surface area (Å²) in [6.07, 6.45) is 0.842. The molecule has 1 fully saturated rings. The van der Waals surface area contributed by atoms with Gasteiger partial charge in [-0.15, -0.1) is 0 Å². The Balaban J connectivity index is 1.57. The van der Waals surface area contributed by atoms with Gasteiger partial charge in [-0.25, -0.2) is 4.79 Å². The van der Waals surface area contributed by atoms with Crippen LogP contribution in [-0.2, 0) is 13.0 Å². The minimum absolute atomic E-state index is 0.239. The minimum Gasteiger partial charge on any atom is -0.493 e. The number of methoxy groups -OCH3 is 2. The summed E-state index contributed by atoms with van der Waals surface area (Å²) in [4.78, 5) is 17.4. The van der Waals surface area contributed by atoms with E-state index in [9.17, 15) is 4.79 Å². The van der Waals surface area contributed by atoms with Crippen LogP contribution in [0.3, 0.4) is 0 Å². The van der Waals surface area contributed by atoms with Crippen LogP contribution in [0.2, 0.25) is 0 Å². The zero-order valence-electron chi connectivity index (χ0n) is 16.0. The Morgan fingerprint density at radius 3 is 2.44 bits per heavy atom. The highest BCUT2D eigenvalue weighted by atomic mass is 16.5. The van der Waals surface area contributed by atoms with Crippen LogP contribution in [-0.4, -0.2) is 69.8 Å². The van der Waals surface area contributed by atoms with E-state index in [-0.39, 0.29) is 5.63 Å². The maximum atomic E-state index is 12.6. The molecule has 0 radical (unpaired) electrons. The van der Waals surface area contributed by atoms with E-state index in [1.54, 1.807) is 20.3 Å². The molecule has 3 heterocycles. The molecule has 0 amide bonds. The first-order valence-corrected chi connectivity index (χ1v) is 9.55. The third kappa shape index (κ3) is 3.67. The molecule has 2 aliphatic heterocycles. The highest BCUT2D eigenvalue weighted by Crippen LogP contribution is 2.35. The third-order valence-corrected chi connectivity index (χ3v) is 5.63. The van der Waals surface area contributed by atoms with Gasteiger partial charge < -0.3 is 19.2 Å². The lowest BCUT2D eigenvalue weighted by Gasteiger charge is -2.32. The van der Waals surface area contributed by atoms with Gasteiger partial charge in [0.25, 0.3) is 0 Å². The van der Waals surface area contributed by atoms with Crippen LogP contribution < -0.4 is 20.4 Å². The van der Waals surface area contributed by atoms with Crippen molar-refractivity contribution in [2.24, 2.45) is 0 Å². The molecule has 1 aromatic carbocycles. The second-order valence-electron chi connectivity index (χ2n) is 7.17. The van der Waals surface area contributed by atoms with Gasteiger partial charge in [-0.2, -0.15) is 0 Å². The fraction of sp³-hybridized carbons (Fsp3) is 0.550. The van der Waals surface area contributed by atoms with E-state index in [0.29, 0.717) is 23.6 Å². The Morgan fingerprint density at radius 2 is 1.70 bits per heavy atom. The first kappa shape index (κ1) is 18.3. The van der Waals surface area contributed by atoms with Gasteiger partial charge in [0.1, 0.15) is 5.58 Å². The van der Waals surface area contributed by atoms with Crippen molar-refractivity contribution < 1.29 is 13.9 Å². The van der Waals surface area contributed by atoms with Crippen LogP contribution in [0.1, 0.15) is 11.1 Å². The van der Waals surface area contributed by atoms with Gasteiger partial charge >= 0.3 is 5.63 Å². The van der Waals surface area contributed by atoms with Crippen molar-refractivity contribution in [3.8, 4) is 11.5 Å². The molecule has 7 nitrogen and oxygen atoms in total. The number of rotatable bonds is 5. The van der Waals surface area contributed by atoms with Gasteiger partial charge in [-0.1, -0.05) is 0 Å². The molecule has 0 aliphatic carbocycles. The molecule has 7 heteroatoms. The molecule has 1 aromatic heterocycles. The quantitative estimate of drug-likeness (QED) is 0.787. The summed E-state index contributed by atoms with van der Waals surface area (Å²) >= 11 is 0. The molecule has 146 valence electrons. The van der Waals surface area contributed by atoms with Crippen LogP contribution in [0.5, 0.6) is 11.5 Å². The lowest BCUT2D eigenvalue weighted by Crippen LogP contribution is -2.47. The Hall–Kier alpha value is -2.09. The zero-order valence-corrected chi connectivity index (χ0v) is 16.0. The van der Waals surface area contributed by atoms with Crippen LogP contribution in [0.4, 0.5) is 0 Å². The van der Waals surface area contributed by atoms with Gasteiger partial charge in [0, 0.05) is 63.8 Å². The zero-order chi connectivity index (χ0) is 18.8. The van der Waals surface area contributed by atoms with Crippen molar-refractivity contribution in [3.63, 3.8) is 0 Å². The van der Waals surface area contributed by atoms with E-state index in [4.69, 9.17) is 13.9 Å². The predicted molar refractivity (Wildman–Crippen MR) is 104 cm³/mol. The summed E-state index contributed by atoms with van der Waals surface area (Å²) < 4.78 is 16.4. The number of nitrogens with one attached hydrogen (secondary N) is 1. The number of hydrogen-bond acceptors (Lipinski definition) is 7. The first-order valence-electron chi connectivity index (χ1n) is 9.55. The summed E-state index contributed by atoms with van der Waals surface area (Å²) in [6, 6.07) is 3.67. The summed E-state index contributed by atoms with van der Waals surface area (Å²) in [5.74, 6) is 1.23. The summed E-state index contributed by atoms with van der Waals surface area (Å²) in [5.41, 5.74) is 2.18. The minimum atomic E-state index is -0.239. The molecular formula is C20H27N3O4. The Labute approximate surface area is 158 Å². The van der Waals surface area contributed by atoms with Crippen LogP contribution in [0.25, 0.3) is 11.0 Å². The molecule has 27 heavy (non-hydrogen) atoms. The fourth-order valence-corrected chi connectivity index (χ4v) is 4.05. The van der Waals surface area contributed by atoms with Crippen molar-refractivity contribution in [1.29, 1.82) is 0 Å². The normalized spacial score (nSPS) is 18.4. The maximum absolute atomic E-state index is 12.6. The SMILES string of the molecule is COc1cc2oc(=O)c3c(c2cc1OC)CCN(CCN1CCNCC1)C3. The van der Waals surface area contributed by atoms with E-state index >= 15 is 0 Å². The highest BCUT2D eigenvalue weighted by Gasteiger charge is 2.24. The molecule has 1 saturated heterocycles. The Morgan fingerprint density at radius 1 is 1.00 bits per heavy atom. The smallest absolute Gasteiger partial charge is 0.341 e. The Bertz CT molecular complexity index is 874. The molecule has 4 rings (SSSR count). The van der Waals surface area contributed by atoms with E-state index in [1.807, 2.05) is 6.07 Å². The second kappa shape index (κ2) is 7.88. The number of hydrogen-bond donors (Lipinski definition) is 1. The summed E-state index contributed by atoms with van der Waals surface area (Å²) in [6.45, 7) is 7.93. The van der Waals surface area contributed by atoms with Crippen molar-refractivity contribution in [2.45, 2.75) is 13.0 Å². The van der Waals surface area contributed by atoms with E-state index < -0.39 is 0 Å². The molecule has 0 unspecified atom stereocenters. The van der Waals surface area contributed by atoms with Gasteiger partial charge in [0.15, 0.2) is 11.5 Å². The van der Waals surface area contributed by atoms with Crippen molar-refractivity contribution in [1.82, 2.24) is 15.1 Å². The molecule has 1 N–H and O–H groups in total. The number of nitrogens with zero attached hydrogens (tertiary/aromatic N) is 2. The molecule has 0 atom stereocenters. The highest BCUT2D eigenvalue weighted by molar-refractivity contribution is 5.85. The topological polar surface area (TPSA) is 67.2 Å². The third-order valence-electron chi connectivity index (χ3n) is 5.63. The largest absolute Gasteiger partial charge is 0.493 e. The predicted octanol–water partition coefficient (Wildman–Crippen LogP) is 1.07. The van der Waals surface area contributed by atoms with E-state index in [1.165, 1.54) is 0 Å². The molecule has 2 aromatic rings. The van der Waals surface area contributed by atoms with Gasteiger partial charge in [0.05, 0.1) is 19.8 Å². The van der Waals surface area contributed by atoms with Gasteiger partial charge in [0.2, 0.25) is 0 Å². The summed E-state index contributed by atoms with van der Waals surface area (Å²) in [5, 5.41) is 4.33. The number of benzene rings is 1. The lowest BCUT2D eigenvalue weighted by atomic mass is 9.97. The van der Waals surface area contributed by atoms with Crippen LogP contribution in [0.15, 0.2) is 21.3 Å². The fourth-order valence-electron chi connectivity index (χ4n) is 4.05. The number of piperazine rings is 1. The van der Waals surface area contributed by atoms with Crippen molar-refractivity contribution in [3.05, 3.63) is 33.7 Å². The van der Waals surface area contributed by atoms with Crippen LogP contribution in [0, 0.1) is 0 Å². The molecule has 0 bridgehead atoms. The lowest BCUT2D eigenvalue weighted by molar-refractivity contribution is 0.178. The maximum Gasteiger partial charge on any atom is 0.341 e. The number of ether oxygens (including phenoxy) is 2. The molecular weight excluding hydrogens is 346 g/mol. The second-order valence-corrected chi connectivity index (χ2v) is 7.17. The van der Waals surface area contributed by atoms with Gasteiger partial charge in [-0.3, -0.25) is 9.80 Å². The average molecular weight is 373 g/mol. The van der Waals surface area contributed by atoms with Gasteiger partial charge in [-0.05, 0) is 18.1 Å². The first-order chi connectivity index (χ1) is 13.2. The van der Waals surface area contributed by atoms with Crippen molar-refractivity contribution in [2.75, 3.05) is 60.0 Å². The molecule has 0 saturated carbocycles. The van der Waals surface area contributed by atoms with Crippen LogP contribution >= 0.6 is 0 Å². The number of fused-ring (bicyclic) bond motifs is 3. The Kier molecular flexibility index (Phi) is 5.33. The molecule has 0 spiro atoms. The standard InChI is InChI=1S/C20H27N3O4/c1-25-18-11-15-14-3-6-23(10-9-22-7-4-21-5-8-22)13-16(14)20(24)27-17(15)12-19(18)26-2/h11-12,21H,3-10,13H2,1-2H3.